The van der Waals surface area contributed by atoms with Gasteiger partial charge in [0.25, 0.3) is 12.1 Å². The number of hydrogen-bond acceptors (Lipinski definition) is 4. The SMILES string of the molecule is CCCN1C(=O)C(N=C=O)Oc2cc(F)[c]cc21. The average Bonchev–Trinajstić information content (AvgIpc) is 2.34. The summed E-state index contributed by atoms with van der Waals surface area (Å²) in [4.78, 5) is 26.9. The van der Waals surface area contributed by atoms with Crippen LogP contribution in [0.2, 0.25) is 0 Å². The van der Waals surface area contributed by atoms with Crippen molar-refractivity contribution in [2.24, 2.45) is 4.99 Å². The van der Waals surface area contributed by atoms with E-state index in [2.05, 4.69) is 11.1 Å². The van der Waals surface area contributed by atoms with Crippen molar-refractivity contribution in [2.75, 3.05) is 11.4 Å². The summed E-state index contributed by atoms with van der Waals surface area (Å²) in [7, 11) is 0. The molecule has 6 heteroatoms. The van der Waals surface area contributed by atoms with Crippen LogP contribution in [0, 0.1) is 11.9 Å². The van der Waals surface area contributed by atoms with Gasteiger partial charge in [0.05, 0.1) is 5.69 Å². The highest BCUT2D eigenvalue weighted by molar-refractivity contribution is 6.00. The predicted octanol–water partition coefficient (Wildman–Crippen LogP) is 1.42. The van der Waals surface area contributed by atoms with Gasteiger partial charge in [0.15, 0.2) is 0 Å². The molecule has 93 valence electrons. The smallest absolute Gasteiger partial charge is 0.292 e. The van der Waals surface area contributed by atoms with Gasteiger partial charge in [0.2, 0.25) is 6.08 Å². The molecule has 18 heavy (non-hydrogen) atoms. The number of rotatable bonds is 3. The number of anilines is 1. The Morgan fingerprint density at radius 1 is 1.67 bits per heavy atom. The van der Waals surface area contributed by atoms with Crippen molar-refractivity contribution in [1.82, 2.24) is 0 Å². The van der Waals surface area contributed by atoms with Crippen molar-refractivity contribution >= 4 is 17.7 Å². The van der Waals surface area contributed by atoms with Crippen LogP contribution in [0.3, 0.4) is 0 Å². The van der Waals surface area contributed by atoms with Gasteiger partial charge in [0.1, 0.15) is 11.6 Å². The van der Waals surface area contributed by atoms with E-state index in [1.165, 1.54) is 17.0 Å². The zero-order chi connectivity index (χ0) is 13.1. The molecule has 0 fully saturated rings. The number of ether oxygens (including phenoxy) is 1. The van der Waals surface area contributed by atoms with Crippen LogP contribution in [0.4, 0.5) is 10.1 Å². The number of carbonyl (C=O) groups excluding carboxylic acids is 2. The summed E-state index contributed by atoms with van der Waals surface area (Å²) in [5.41, 5.74) is 0.431. The van der Waals surface area contributed by atoms with Crippen LogP contribution in [-0.2, 0) is 9.59 Å². The van der Waals surface area contributed by atoms with E-state index < -0.39 is 18.0 Å². The quantitative estimate of drug-likeness (QED) is 0.601. The standard InChI is InChI=1S/C12H10FN2O3/c1-2-5-15-9-4-3-8(13)6-10(9)18-11(12(15)17)14-7-16/h4,6,11H,2,5H2,1H3. The van der Waals surface area contributed by atoms with Crippen LogP contribution in [0.25, 0.3) is 0 Å². The minimum Gasteiger partial charge on any atom is -0.456 e. The monoisotopic (exact) mass is 249 g/mol. The fourth-order valence-corrected chi connectivity index (χ4v) is 1.75. The van der Waals surface area contributed by atoms with Crippen molar-refractivity contribution in [2.45, 2.75) is 19.6 Å². The minimum absolute atomic E-state index is 0.170. The van der Waals surface area contributed by atoms with Gasteiger partial charge in [0, 0.05) is 18.7 Å². The normalized spacial score (nSPS) is 17.8. The minimum atomic E-state index is -1.29. The highest BCUT2D eigenvalue weighted by atomic mass is 19.1. The maximum absolute atomic E-state index is 13.1. The summed E-state index contributed by atoms with van der Waals surface area (Å²) < 4.78 is 18.2. The molecule has 0 saturated carbocycles. The van der Waals surface area contributed by atoms with Crippen LogP contribution in [-0.4, -0.2) is 24.8 Å². The van der Waals surface area contributed by atoms with Crippen molar-refractivity contribution in [1.29, 1.82) is 0 Å². The number of halogens is 1. The summed E-state index contributed by atoms with van der Waals surface area (Å²) in [5, 5.41) is 0. The first-order valence-corrected chi connectivity index (χ1v) is 5.43. The number of benzene rings is 1. The zero-order valence-electron chi connectivity index (χ0n) is 9.64. The number of hydrogen-bond donors (Lipinski definition) is 0. The number of amides is 1. The highest BCUT2D eigenvalue weighted by Crippen LogP contribution is 2.34. The molecule has 1 aromatic rings. The topological polar surface area (TPSA) is 59.0 Å². The Morgan fingerprint density at radius 3 is 3.11 bits per heavy atom. The second-order valence-corrected chi connectivity index (χ2v) is 3.71. The molecule has 0 aromatic heterocycles. The molecular formula is C12H10FN2O3. The lowest BCUT2D eigenvalue weighted by atomic mass is 10.2. The van der Waals surface area contributed by atoms with E-state index >= 15 is 0 Å². The molecule has 1 amide bonds. The maximum atomic E-state index is 13.1. The Labute approximate surface area is 103 Å². The molecule has 0 N–H and O–H groups in total. The van der Waals surface area contributed by atoms with E-state index in [1.54, 1.807) is 0 Å². The van der Waals surface area contributed by atoms with Crippen molar-refractivity contribution in [3.05, 3.63) is 24.0 Å². The second-order valence-electron chi connectivity index (χ2n) is 3.71. The van der Waals surface area contributed by atoms with E-state index in [0.717, 1.165) is 6.07 Å². The Balaban J connectivity index is 2.46. The molecular weight excluding hydrogens is 239 g/mol. The van der Waals surface area contributed by atoms with E-state index in [0.29, 0.717) is 18.7 Å². The molecule has 0 spiro atoms. The molecule has 1 radical (unpaired) electrons. The lowest BCUT2D eigenvalue weighted by Gasteiger charge is -2.31. The third-order valence-corrected chi connectivity index (χ3v) is 2.48. The predicted molar refractivity (Wildman–Crippen MR) is 60.4 cm³/mol. The molecule has 0 bridgehead atoms. The third-order valence-electron chi connectivity index (χ3n) is 2.48. The van der Waals surface area contributed by atoms with Gasteiger partial charge in [-0.1, -0.05) is 6.92 Å². The molecule has 1 aliphatic rings. The lowest BCUT2D eigenvalue weighted by molar-refractivity contribution is -0.126. The van der Waals surface area contributed by atoms with Gasteiger partial charge in [-0.15, -0.1) is 0 Å². The number of carbonyl (C=O) groups is 1. The van der Waals surface area contributed by atoms with Gasteiger partial charge in [-0.05, 0) is 12.5 Å². The lowest BCUT2D eigenvalue weighted by Crippen LogP contribution is -2.45. The van der Waals surface area contributed by atoms with Crippen LogP contribution < -0.4 is 9.64 Å². The Bertz CT molecular complexity index is 526. The van der Waals surface area contributed by atoms with E-state index in [9.17, 15) is 14.0 Å². The van der Waals surface area contributed by atoms with Crippen LogP contribution >= 0.6 is 0 Å². The van der Waals surface area contributed by atoms with Crippen LogP contribution in [0.1, 0.15) is 13.3 Å². The summed E-state index contributed by atoms with van der Waals surface area (Å²) in [6.07, 6.45) is 0.697. The largest absolute Gasteiger partial charge is 0.456 e. The molecule has 2 rings (SSSR count). The Morgan fingerprint density at radius 2 is 2.44 bits per heavy atom. The first-order chi connectivity index (χ1) is 8.67. The summed E-state index contributed by atoms with van der Waals surface area (Å²) in [6, 6.07) is 4.82. The third kappa shape index (κ3) is 2.10. The Hall–Kier alpha value is -2.20. The van der Waals surface area contributed by atoms with Gasteiger partial charge < -0.3 is 9.64 Å². The molecule has 0 saturated heterocycles. The fraction of sp³-hybridized carbons (Fsp3) is 0.333. The second kappa shape index (κ2) is 4.98. The number of nitrogens with zero attached hydrogens (tertiary/aromatic N) is 2. The van der Waals surface area contributed by atoms with E-state index in [1.807, 2.05) is 6.92 Å². The molecule has 1 heterocycles. The molecule has 1 atom stereocenters. The van der Waals surface area contributed by atoms with Gasteiger partial charge in [-0.3, -0.25) is 4.79 Å². The average molecular weight is 249 g/mol. The molecule has 1 aliphatic heterocycles. The summed E-state index contributed by atoms with van der Waals surface area (Å²) in [5.74, 6) is -0.899. The fourth-order valence-electron chi connectivity index (χ4n) is 1.75. The summed E-state index contributed by atoms with van der Waals surface area (Å²) in [6.45, 7) is 2.33. The molecule has 5 nitrogen and oxygen atoms in total. The van der Waals surface area contributed by atoms with Crippen LogP contribution in [0.15, 0.2) is 17.1 Å². The number of isocyanates is 1. The molecule has 1 unspecified atom stereocenters. The Kier molecular flexibility index (Phi) is 3.39. The number of aliphatic imine (C=N–C) groups is 1. The first kappa shape index (κ1) is 12.3. The van der Waals surface area contributed by atoms with E-state index in [-0.39, 0.29) is 5.75 Å². The van der Waals surface area contributed by atoms with Gasteiger partial charge >= 0.3 is 0 Å². The molecule has 0 aliphatic carbocycles. The van der Waals surface area contributed by atoms with Gasteiger partial charge in [-0.2, -0.15) is 4.99 Å². The van der Waals surface area contributed by atoms with Crippen molar-refractivity contribution in [3.8, 4) is 5.75 Å². The first-order valence-electron chi connectivity index (χ1n) is 5.43. The highest BCUT2D eigenvalue weighted by Gasteiger charge is 2.34. The van der Waals surface area contributed by atoms with Crippen molar-refractivity contribution < 1.29 is 18.7 Å². The molecule has 1 aromatic carbocycles. The van der Waals surface area contributed by atoms with E-state index in [4.69, 9.17) is 4.74 Å². The maximum Gasteiger partial charge on any atom is 0.292 e. The van der Waals surface area contributed by atoms with Crippen LogP contribution in [0.5, 0.6) is 5.75 Å². The summed E-state index contributed by atoms with van der Waals surface area (Å²) >= 11 is 0. The number of fused-ring (bicyclic) bond motifs is 1. The van der Waals surface area contributed by atoms with Gasteiger partial charge in [-0.25, -0.2) is 9.18 Å². The van der Waals surface area contributed by atoms with Crippen molar-refractivity contribution in [3.63, 3.8) is 0 Å². The zero-order valence-corrected chi connectivity index (χ0v) is 9.64.